The Hall–Kier alpha value is -6.50. The predicted molar refractivity (Wildman–Crippen MR) is 198 cm³/mol. The van der Waals surface area contributed by atoms with Crippen LogP contribution in [0.1, 0.15) is 12.0 Å². The minimum atomic E-state index is -2.03. The fourth-order valence-electron chi connectivity index (χ4n) is 6.15. The van der Waals surface area contributed by atoms with Crippen LogP contribution in [0, 0.1) is 0 Å². The van der Waals surface area contributed by atoms with E-state index in [0.29, 0.717) is 5.56 Å². The van der Waals surface area contributed by atoms with Crippen molar-refractivity contribution in [1.82, 2.24) is 0 Å². The molecule has 3 aliphatic heterocycles. The second-order valence-electron chi connectivity index (χ2n) is 13.7. The second-order valence-corrected chi connectivity index (χ2v) is 13.7. The van der Waals surface area contributed by atoms with Gasteiger partial charge in [0.05, 0.1) is 5.56 Å². The zero-order valence-corrected chi connectivity index (χ0v) is 31.2. The van der Waals surface area contributed by atoms with E-state index in [2.05, 4.69) is 0 Å². The van der Waals surface area contributed by atoms with Crippen molar-refractivity contribution >= 4 is 24.0 Å². The molecule has 22 nitrogen and oxygen atoms in total. The SMILES string of the molecule is O=C(O)CC(=O)OC[C@H]1O[C@@H](Oc2cc(=O)cc3oc(-c4cc(O)c(O)c(O)c4)c(O[C@H]4O[C@@H](COC(=O)/C=C/c5ccc(O)cc5)[C@H](O)[C@@H](O)[C@@H]4O)cc2-3)[C@H](O)[C@H](O)[C@@H]1O. The molecule has 0 amide bonds. The normalized spacial score (nSPS) is 26.5. The summed E-state index contributed by atoms with van der Waals surface area (Å²) < 4.78 is 38.9. The first kappa shape index (κ1) is 44.1. The largest absolute Gasteiger partial charge is 0.508 e. The van der Waals surface area contributed by atoms with E-state index >= 15 is 0 Å². The molecule has 0 saturated carbocycles. The molecule has 6 rings (SSSR count). The molecule has 22 heteroatoms. The summed E-state index contributed by atoms with van der Waals surface area (Å²) in [4.78, 5) is 48.1. The van der Waals surface area contributed by atoms with Crippen molar-refractivity contribution < 1.29 is 103 Å². The predicted octanol–water partition coefficient (Wildman–Crippen LogP) is -1.12. The van der Waals surface area contributed by atoms with Crippen LogP contribution in [0.5, 0.6) is 34.5 Å². The molecule has 10 atom stereocenters. The third kappa shape index (κ3) is 10.1. The second kappa shape index (κ2) is 18.4. The number of carbonyl (C=O) groups is 3. The molecular weight excluding hydrogens is 820 g/mol. The highest BCUT2D eigenvalue weighted by Gasteiger charge is 2.47. The Morgan fingerprint density at radius 2 is 1.23 bits per heavy atom. The van der Waals surface area contributed by atoms with Crippen LogP contribution in [0.25, 0.3) is 28.7 Å². The van der Waals surface area contributed by atoms with Gasteiger partial charge in [0, 0.05) is 23.8 Å². The number of aliphatic hydroxyl groups excluding tert-OH is 6. The molecule has 0 unspecified atom stereocenters. The van der Waals surface area contributed by atoms with Crippen LogP contribution in [0.3, 0.4) is 0 Å². The number of esters is 2. The maximum absolute atomic E-state index is 12.9. The van der Waals surface area contributed by atoms with E-state index in [0.717, 1.165) is 36.4 Å². The van der Waals surface area contributed by atoms with E-state index in [9.17, 15) is 70.2 Å². The topological polar surface area (TPSA) is 359 Å². The molecule has 2 aromatic rings. The van der Waals surface area contributed by atoms with Crippen LogP contribution in [-0.4, -0.2) is 149 Å². The van der Waals surface area contributed by atoms with Crippen LogP contribution in [0.4, 0.5) is 0 Å². The van der Waals surface area contributed by atoms with E-state index in [1.54, 1.807) is 0 Å². The van der Waals surface area contributed by atoms with Gasteiger partial charge in [0.1, 0.15) is 85.7 Å². The van der Waals surface area contributed by atoms with Crippen LogP contribution in [0.2, 0.25) is 0 Å². The van der Waals surface area contributed by atoms with Crippen molar-refractivity contribution in [2.45, 2.75) is 67.8 Å². The number of aliphatic carboxylic acids is 1. The smallest absolute Gasteiger partial charge is 0.330 e. The van der Waals surface area contributed by atoms with Crippen LogP contribution in [0.15, 0.2) is 69.9 Å². The first-order valence-corrected chi connectivity index (χ1v) is 18.0. The quantitative estimate of drug-likeness (QED) is 0.0328. The van der Waals surface area contributed by atoms with Gasteiger partial charge in [-0.1, -0.05) is 12.1 Å². The van der Waals surface area contributed by atoms with Crippen molar-refractivity contribution in [2.24, 2.45) is 0 Å². The van der Waals surface area contributed by atoms with E-state index in [1.165, 1.54) is 30.3 Å². The number of hydrogen-bond donors (Lipinski definition) is 11. The number of carboxylic acid groups (broad SMARTS) is 1. The maximum atomic E-state index is 12.9. The Labute approximate surface area is 341 Å². The first-order valence-electron chi connectivity index (χ1n) is 18.0. The maximum Gasteiger partial charge on any atom is 0.330 e. The lowest BCUT2D eigenvalue weighted by molar-refractivity contribution is -0.278. The number of ether oxygens (including phenoxy) is 6. The molecule has 0 aromatic heterocycles. The zero-order valence-electron chi connectivity index (χ0n) is 31.2. The standard InChI is InChI=1S/C39H38O22/c40-17-4-1-15(2-5-17)3-6-28(46)55-13-25-31(49)34(52)36(54)39(61-25)59-24-11-19-22(57-37(24)16-7-20(42)30(48)21(43)8-16)9-18(41)10-23(19)58-38-35(53)33(51)32(50)26(60-38)14-56-29(47)12-27(44)45/h1-11,25-26,31-36,38-40,42-43,48-54H,12-14H2,(H,44,45)/b6-3+/t25-,26+,31-,32+,33+,34+,35+,36-,38+,39-/m0/s1. The fourth-order valence-corrected chi connectivity index (χ4v) is 6.15. The summed E-state index contributed by atoms with van der Waals surface area (Å²) >= 11 is 0. The highest BCUT2D eigenvalue weighted by atomic mass is 16.7. The van der Waals surface area contributed by atoms with Crippen LogP contribution in [-0.2, 0) is 33.3 Å². The lowest BCUT2D eigenvalue weighted by Crippen LogP contribution is -2.60. The third-order valence-electron chi connectivity index (χ3n) is 9.34. The molecular formula is C39H38O22. The van der Waals surface area contributed by atoms with Crippen molar-refractivity contribution in [3.05, 3.63) is 76.5 Å². The number of carboxylic acids is 1. The summed E-state index contributed by atoms with van der Waals surface area (Å²) in [6.45, 7) is -1.49. The highest BCUT2D eigenvalue weighted by molar-refractivity contribution is 5.90. The Bertz CT molecular complexity index is 2260. The van der Waals surface area contributed by atoms with Crippen LogP contribution < -0.4 is 14.9 Å². The molecule has 0 radical (unpaired) electrons. The van der Waals surface area contributed by atoms with Gasteiger partial charge in [-0.2, -0.15) is 0 Å². The van der Waals surface area contributed by atoms with E-state index in [1.807, 2.05) is 0 Å². The number of aliphatic hydroxyl groups is 6. The minimum absolute atomic E-state index is 0.000159. The lowest BCUT2D eigenvalue weighted by atomic mass is 9.99. The summed E-state index contributed by atoms with van der Waals surface area (Å²) in [5.41, 5.74) is -0.652. The van der Waals surface area contributed by atoms with Gasteiger partial charge in [0.15, 0.2) is 34.2 Å². The molecule has 2 fully saturated rings. The number of phenols is 4. The summed E-state index contributed by atoms with van der Waals surface area (Å²) in [6, 6.07) is 10.6. The average molecular weight is 859 g/mol. The van der Waals surface area contributed by atoms with Gasteiger partial charge in [-0.25, -0.2) is 4.79 Å². The molecule has 11 N–H and O–H groups in total. The van der Waals surface area contributed by atoms with E-state index < -0.39 is 139 Å². The third-order valence-corrected chi connectivity index (χ3v) is 9.34. The van der Waals surface area contributed by atoms with Gasteiger partial charge in [-0.3, -0.25) is 14.4 Å². The number of phenolic OH excluding ortho intramolecular Hbond substituents is 4. The number of fused-ring (bicyclic) bond motifs is 1. The van der Waals surface area contributed by atoms with Gasteiger partial charge < -0.3 is 89.0 Å². The molecule has 0 bridgehead atoms. The van der Waals surface area contributed by atoms with E-state index in [-0.39, 0.29) is 22.6 Å². The summed E-state index contributed by atoms with van der Waals surface area (Å²) in [7, 11) is 0. The number of hydrogen-bond acceptors (Lipinski definition) is 21. The number of benzene rings is 3. The molecule has 2 aromatic carbocycles. The van der Waals surface area contributed by atoms with Gasteiger partial charge >= 0.3 is 17.9 Å². The summed E-state index contributed by atoms with van der Waals surface area (Å²) in [5, 5.41) is 113. The summed E-state index contributed by atoms with van der Waals surface area (Å²) in [6.07, 6.45) is -17.3. The molecule has 2 saturated heterocycles. The number of rotatable bonds is 13. The molecule has 326 valence electrons. The first-order chi connectivity index (χ1) is 28.9. The fraction of sp³-hybridized carbons (Fsp3) is 0.333. The van der Waals surface area contributed by atoms with Crippen LogP contribution >= 0.6 is 0 Å². The van der Waals surface area contributed by atoms with Crippen molar-refractivity contribution in [1.29, 1.82) is 0 Å². The number of carbonyl (C=O) groups excluding carboxylic acids is 2. The highest BCUT2D eigenvalue weighted by Crippen LogP contribution is 2.46. The van der Waals surface area contributed by atoms with Gasteiger partial charge in [0.25, 0.3) is 0 Å². The Morgan fingerprint density at radius 1 is 0.672 bits per heavy atom. The van der Waals surface area contributed by atoms with Crippen molar-refractivity contribution in [3.63, 3.8) is 0 Å². The lowest BCUT2D eigenvalue weighted by Gasteiger charge is -2.40. The van der Waals surface area contributed by atoms with E-state index in [4.69, 9.17) is 37.9 Å². The molecule has 0 spiro atoms. The molecule has 3 heterocycles. The van der Waals surface area contributed by atoms with Gasteiger partial charge in [0.2, 0.25) is 12.6 Å². The molecule has 4 aliphatic rings. The minimum Gasteiger partial charge on any atom is -0.508 e. The Balaban J connectivity index is 1.31. The number of aromatic hydroxyl groups is 4. The monoisotopic (exact) mass is 858 g/mol. The Kier molecular flexibility index (Phi) is 13.3. The van der Waals surface area contributed by atoms with Crippen molar-refractivity contribution in [2.75, 3.05) is 13.2 Å². The molecule has 61 heavy (non-hydrogen) atoms. The zero-order chi connectivity index (χ0) is 44.3. The summed E-state index contributed by atoms with van der Waals surface area (Å²) in [5.74, 6) is -7.90. The average Bonchev–Trinajstić information content (AvgIpc) is 3.21. The van der Waals surface area contributed by atoms with Crippen molar-refractivity contribution in [3.8, 4) is 57.1 Å². The molecule has 1 aliphatic carbocycles. The van der Waals surface area contributed by atoms with Gasteiger partial charge in [-0.15, -0.1) is 0 Å². The Morgan fingerprint density at radius 3 is 1.80 bits per heavy atom. The van der Waals surface area contributed by atoms with Gasteiger partial charge in [-0.05, 0) is 42.0 Å².